The molecule has 1 spiro atoms. The van der Waals surface area contributed by atoms with E-state index < -0.39 is 0 Å². The third-order valence-electron chi connectivity index (χ3n) is 4.72. The minimum atomic E-state index is -0.178. The predicted octanol–water partition coefficient (Wildman–Crippen LogP) is 5.59. The summed E-state index contributed by atoms with van der Waals surface area (Å²) in [6.45, 7) is 18.6. The third-order valence-corrected chi connectivity index (χ3v) is 4.72. The highest BCUT2D eigenvalue weighted by molar-refractivity contribution is 5.89. The predicted molar refractivity (Wildman–Crippen MR) is 126 cm³/mol. The summed E-state index contributed by atoms with van der Waals surface area (Å²) < 4.78 is 0. The van der Waals surface area contributed by atoms with Crippen molar-refractivity contribution in [2.24, 2.45) is 5.41 Å². The zero-order valence-corrected chi connectivity index (χ0v) is 20.5. The van der Waals surface area contributed by atoms with E-state index in [9.17, 15) is 9.59 Å². The zero-order valence-electron chi connectivity index (χ0n) is 20.5. The van der Waals surface area contributed by atoms with Gasteiger partial charge in [-0.2, -0.15) is 0 Å². The van der Waals surface area contributed by atoms with Crippen molar-refractivity contribution < 1.29 is 9.59 Å². The van der Waals surface area contributed by atoms with Gasteiger partial charge >= 0.3 is 0 Å². The highest BCUT2D eigenvalue weighted by atomic mass is 16.2. The molecule has 29 heavy (non-hydrogen) atoms. The summed E-state index contributed by atoms with van der Waals surface area (Å²) in [5.41, 5.74) is 1.14. The van der Waals surface area contributed by atoms with Gasteiger partial charge in [0.1, 0.15) is 5.78 Å². The number of ketones is 1. The Balaban J connectivity index is 0. The molecule has 168 valence electrons. The molecule has 0 saturated carbocycles. The molecule has 0 N–H and O–H groups in total. The second-order valence-corrected chi connectivity index (χ2v) is 6.96. The lowest BCUT2D eigenvalue weighted by Crippen LogP contribution is -2.46. The Kier molecular flexibility index (Phi) is 17.5. The van der Waals surface area contributed by atoms with Crippen LogP contribution in [0.5, 0.6) is 0 Å². The van der Waals surface area contributed by atoms with Crippen LogP contribution in [0.4, 0.5) is 0 Å². The monoisotopic (exact) mass is 406 g/mol. The van der Waals surface area contributed by atoms with Gasteiger partial charge in [-0.1, -0.05) is 77.4 Å². The lowest BCUT2D eigenvalue weighted by molar-refractivity contribution is -0.140. The van der Waals surface area contributed by atoms with E-state index in [1.807, 2.05) is 59.7 Å². The van der Waals surface area contributed by atoms with Crippen LogP contribution in [0.2, 0.25) is 0 Å². The Labute approximate surface area is 180 Å². The SMILES string of the molecule is CC.CC.CC.CC(=O)CN1CCC2(CCCN(C)C2)C1=O.Cc1ccccc1. The van der Waals surface area contributed by atoms with Gasteiger partial charge in [0.05, 0.1) is 12.0 Å². The fraction of sp³-hybridized carbons (Fsp3) is 0.680. The molecule has 4 heteroatoms. The molecule has 3 rings (SSSR count). The summed E-state index contributed by atoms with van der Waals surface area (Å²) in [5.74, 6) is 0.281. The van der Waals surface area contributed by atoms with Crippen LogP contribution in [0.15, 0.2) is 30.3 Å². The van der Waals surface area contributed by atoms with Gasteiger partial charge in [-0.05, 0) is 46.7 Å². The Hall–Kier alpha value is -1.68. The average molecular weight is 407 g/mol. The first-order chi connectivity index (χ1) is 13.9. The summed E-state index contributed by atoms with van der Waals surface area (Å²) in [6, 6.07) is 10.3. The molecule has 2 heterocycles. The first-order valence-electron chi connectivity index (χ1n) is 11.4. The third kappa shape index (κ3) is 10.6. The van der Waals surface area contributed by atoms with Crippen molar-refractivity contribution in [3.05, 3.63) is 35.9 Å². The van der Waals surface area contributed by atoms with Crippen LogP contribution in [-0.4, -0.2) is 54.7 Å². The molecule has 1 unspecified atom stereocenters. The van der Waals surface area contributed by atoms with Gasteiger partial charge in [0.15, 0.2) is 0 Å². The second-order valence-electron chi connectivity index (χ2n) is 6.96. The standard InChI is InChI=1S/C12H20N2O2.C7H8.3C2H6/c1-10(15)8-14-7-5-12(11(14)16)4-3-6-13(2)9-12;1-7-5-3-2-4-6-7;3*1-2/h3-9H2,1-2H3;2-6H,1H3;3*1-2H3. The largest absolute Gasteiger partial charge is 0.335 e. The van der Waals surface area contributed by atoms with Crippen molar-refractivity contribution in [2.45, 2.75) is 74.7 Å². The van der Waals surface area contributed by atoms with Crippen LogP contribution in [0.1, 0.15) is 73.3 Å². The molecule has 2 fully saturated rings. The number of hydrogen-bond acceptors (Lipinski definition) is 3. The molecule has 0 bridgehead atoms. The van der Waals surface area contributed by atoms with Crippen LogP contribution in [0.3, 0.4) is 0 Å². The van der Waals surface area contributed by atoms with Crippen LogP contribution >= 0.6 is 0 Å². The highest BCUT2D eigenvalue weighted by Gasteiger charge is 2.48. The van der Waals surface area contributed by atoms with E-state index >= 15 is 0 Å². The molecule has 1 aromatic rings. The summed E-state index contributed by atoms with van der Waals surface area (Å²) in [7, 11) is 2.07. The van der Waals surface area contributed by atoms with E-state index in [4.69, 9.17) is 0 Å². The molecule has 0 aliphatic carbocycles. The number of likely N-dealkylation sites (tertiary alicyclic amines) is 2. The minimum Gasteiger partial charge on any atom is -0.335 e. The lowest BCUT2D eigenvalue weighted by atomic mass is 9.78. The molecule has 1 amide bonds. The normalized spacial score (nSPS) is 20.0. The molecule has 0 radical (unpaired) electrons. The molecule has 1 aromatic carbocycles. The summed E-state index contributed by atoms with van der Waals surface area (Å²) in [4.78, 5) is 27.4. The van der Waals surface area contributed by atoms with Gasteiger partial charge in [0, 0.05) is 13.1 Å². The maximum atomic E-state index is 12.3. The average Bonchev–Trinajstić information content (AvgIpc) is 3.02. The Bertz CT molecular complexity index is 545. The van der Waals surface area contributed by atoms with Crippen molar-refractivity contribution in [1.29, 1.82) is 0 Å². The fourth-order valence-corrected chi connectivity index (χ4v) is 3.59. The van der Waals surface area contributed by atoms with Crippen LogP contribution in [0.25, 0.3) is 0 Å². The molecule has 2 aliphatic rings. The number of amides is 1. The number of rotatable bonds is 2. The first-order valence-corrected chi connectivity index (χ1v) is 11.4. The van der Waals surface area contributed by atoms with Gasteiger partial charge in [-0.25, -0.2) is 0 Å². The number of piperidine rings is 1. The summed E-state index contributed by atoms with van der Waals surface area (Å²) in [5, 5.41) is 0. The van der Waals surface area contributed by atoms with E-state index in [2.05, 4.69) is 31.0 Å². The van der Waals surface area contributed by atoms with E-state index in [0.29, 0.717) is 6.54 Å². The van der Waals surface area contributed by atoms with Crippen molar-refractivity contribution in [1.82, 2.24) is 9.80 Å². The molecule has 0 aromatic heterocycles. The lowest BCUT2D eigenvalue weighted by Gasteiger charge is -2.37. The van der Waals surface area contributed by atoms with E-state index in [-0.39, 0.29) is 17.1 Å². The van der Waals surface area contributed by atoms with Crippen LogP contribution < -0.4 is 0 Å². The first kappa shape index (κ1) is 29.5. The van der Waals surface area contributed by atoms with Crippen molar-refractivity contribution in [3.8, 4) is 0 Å². The van der Waals surface area contributed by atoms with Crippen LogP contribution in [-0.2, 0) is 9.59 Å². The van der Waals surface area contributed by atoms with E-state index in [1.165, 1.54) is 5.56 Å². The van der Waals surface area contributed by atoms with E-state index in [0.717, 1.165) is 38.9 Å². The number of Topliss-reactive ketones (excluding diaryl/α,β-unsaturated/α-hetero) is 1. The number of carbonyl (C=O) groups excluding carboxylic acids is 2. The van der Waals surface area contributed by atoms with E-state index in [1.54, 1.807) is 11.8 Å². The number of hydrogen-bond donors (Lipinski definition) is 0. The fourth-order valence-electron chi connectivity index (χ4n) is 3.59. The molecule has 1 atom stereocenters. The molecule has 2 saturated heterocycles. The Morgan fingerprint density at radius 1 is 0.966 bits per heavy atom. The number of carbonyl (C=O) groups is 2. The minimum absolute atomic E-state index is 0.0783. The number of nitrogens with zero attached hydrogens (tertiary/aromatic N) is 2. The smallest absolute Gasteiger partial charge is 0.230 e. The van der Waals surface area contributed by atoms with Gasteiger partial charge in [0.2, 0.25) is 5.91 Å². The number of aryl methyl sites for hydroxylation is 1. The van der Waals surface area contributed by atoms with Gasteiger partial charge in [0.25, 0.3) is 0 Å². The Morgan fingerprint density at radius 3 is 1.93 bits per heavy atom. The second kappa shape index (κ2) is 17.2. The zero-order chi connectivity index (χ0) is 22.9. The van der Waals surface area contributed by atoms with Crippen LogP contribution in [0, 0.1) is 12.3 Å². The topological polar surface area (TPSA) is 40.6 Å². The Morgan fingerprint density at radius 2 is 1.52 bits per heavy atom. The molecular weight excluding hydrogens is 360 g/mol. The molecular formula is C25H46N2O2. The maximum Gasteiger partial charge on any atom is 0.230 e. The molecule has 4 nitrogen and oxygen atoms in total. The molecule has 2 aliphatic heterocycles. The van der Waals surface area contributed by atoms with Gasteiger partial charge in [-0.15, -0.1) is 0 Å². The quantitative estimate of drug-likeness (QED) is 0.642. The highest BCUT2D eigenvalue weighted by Crippen LogP contribution is 2.39. The van der Waals surface area contributed by atoms with Crippen molar-refractivity contribution >= 4 is 11.7 Å². The summed E-state index contributed by atoms with van der Waals surface area (Å²) in [6.07, 6.45) is 3.00. The number of benzene rings is 1. The van der Waals surface area contributed by atoms with Gasteiger partial charge < -0.3 is 9.80 Å². The van der Waals surface area contributed by atoms with Crippen molar-refractivity contribution in [3.63, 3.8) is 0 Å². The van der Waals surface area contributed by atoms with Gasteiger partial charge in [-0.3, -0.25) is 9.59 Å². The summed E-state index contributed by atoms with van der Waals surface area (Å²) >= 11 is 0. The van der Waals surface area contributed by atoms with Crippen molar-refractivity contribution in [2.75, 3.05) is 33.2 Å². The maximum absolute atomic E-state index is 12.3.